The zero-order valence-electron chi connectivity index (χ0n) is 16.9. The Kier molecular flexibility index (Phi) is 5.05. The van der Waals surface area contributed by atoms with Gasteiger partial charge in [0.1, 0.15) is 5.69 Å². The van der Waals surface area contributed by atoms with Crippen molar-refractivity contribution in [1.29, 1.82) is 0 Å². The number of benzene rings is 1. The van der Waals surface area contributed by atoms with Crippen LogP contribution in [0.15, 0.2) is 53.1 Å². The second-order valence-corrected chi connectivity index (χ2v) is 6.94. The number of nitrogens with zero attached hydrogens (tertiary/aromatic N) is 3. The maximum absolute atomic E-state index is 13.1. The Morgan fingerprint density at radius 3 is 2.60 bits per heavy atom. The van der Waals surface area contributed by atoms with Crippen LogP contribution in [0.4, 0.5) is 5.69 Å². The van der Waals surface area contributed by atoms with Crippen molar-refractivity contribution in [3.05, 3.63) is 65.5 Å². The smallest absolute Gasteiger partial charge is 0.256 e. The Balaban J connectivity index is 1.68. The number of hydrogen-bond acceptors (Lipinski definition) is 5. The molecule has 2 amide bonds. The molecule has 8 heteroatoms. The molecule has 0 aliphatic heterocycles. The number of hydrogen-bond donors (Lipinski definition) is 2. The molecule has 0 atom stereocenters. The highest BCUT2D eigenvalue weighted by atomic mass is 16.3. The number of aromatic nitrogens is 3. The Bertz CT molecular complexity index is 1220. The highest BCUT2D eigenvalue weighted by Crippen LogP contribution is 2.27. The summed E-state index contributed by atoms with van der Waals surface area (Å²) < 4.78 is 7.12. The minimum absolute atomic E-state index is 0.0662. The Morgan fingerprint density at radius 2 is 1.93 bits per heavy atom. The topological polar surface area (TPSA) is 102 Å². The van der Waals surface area contributed by atoms with E-state index in [0.717, 1.165) is 11.3 Å². The quantitative estimate of drug-likeness (QED) is 0.533. The molecule has 152 valence electrons. The van der Waals surface area contributed by atoms with Crippen LogP contribution in [0.5, 0.6) is 0 Å². The molecule has 0 radical (unpaired) electrons. The summed E-state index contributed by atoms with van der Waals surface area (Å²) in [5.41, 5.74) is 3.84. The molecule has 30 heavy (non-hydrogen) atoms. The number of rotatable bonds is 5. The largest absolute Gasteiger partial charge is 0.463 e. The van der Waals surface area contributed by atoms with Gasteiger partial charge in [-0.25, -0.2) is 4.98 Å². The summed E-state index contributed by atoms with van der Waals surface area (Å²) in [7, 11) is 3.39. The third-order valence-corrected chi connectivity index (χ3v) is 4.84. The predicted molar refractivity (Wildman–Crippen MR) is 113 cm³/mol. The summed E-state index contributed by atoms with van der Waals surface area (Å²) >= 11 is 0. The molecule has 0 fully saturated rings. The molecule has 4 rings (SSSR count). The second kappa shape index (κ2) is 7.82. The van der Waals surface area contributed by atoms with Crippen LogP contribution in [0.3, 0.4) is 0 Å². The summed E-state index contributed by atoms with van der Waals surface area (Å²) in [4.78, 5) is 29.3. The van der Waals surface area contributed by atoms with Gasteiger partial charge in [-0.2, -0.15) is 5.10 Å². The van der Waals surface area contributed by atoms with Crippen LogP contribution in [-0.4, -0.2) is 33.6 Å². The van der Waals surface area contributed by atoms with Crippen molar-refractivity contribution in [1.82, 2.24) is 20.1 Å². The summed E-state index contributed by atoms with van der Waals surface area (Å²) in [6.07, 6.45) is 1.85. The van der Waals surface area contributed by atoms with E-state index >= 15 is 0 Å². The molecule has 2 N–H and O–H groups in total. The molecule has 0 bridgehead atoms. The number of likely N-dealkylation sites (N-methyl/N-ethyl adjacent to an activating group) is 1. The SMILES string of the molecule is CNC(=O)Cc1ccc(NC(=O)c2cc(-c3ccco3)nc3c2c(C)nn3C)cc1. The lowest BCUT2D eigenvalue weighted by molar-refractivity contribution is -0.119. The number of nitrogens with one attached hydrogen (secondary N) is 2. The van der Waals surface area contributed by atoms with E-state index in [9.17, 15) is 9.59 Å². The van der Waals surface area contributed by atoms with Crippen LogP contribution in [-0.2, 0) is 18.3 Å². The molecule has 0 spiro atoms. The first kappa shape index (κ1) is 19.4. The lowest BCUT2D eigenvalue weighted by Crippen LogP contribution is -2.19. The van der Waals surface area contributed by atoms with Crippen molar-refractivity contribution in [3.8, 4) is 11.5 Å². The zero-order valence-corrected chi connectivity index (χ0v) is 16.9. The van der Waals surface area contributed by atoms with Gasteiger partial charge in [0.05, 0.1) is 29.3 Å². The van der Waals surface area contributed by atoms with Gasteiger partial charge in [-0.1, -0.05) is 12.1 Å². The maximum atomic E-state index is 13.1. The Hall–Kier alpha value is -3.94. The molecule has 1 aromatic carbocycles. The van der Waals surface area contributed by atoms with Gasteiger partial charge in [0, 0.05) is 19.8 Å². The monoisotopic (exact) mass is 403 g/mol. The summed E-state index contributed by atoms with van der Waals surface area (Å²) in [6, 6.07) is 12.5. The zero-order chi connectivity index (χ0) is 21.3. The highest BCUT2D eigenvalue weighted by Gasteiger charge is 2.20. The van der Waals surface area contributed by atoms with E-state index in [-0.39, 0.29) is 18.2 Å². The van der Waals surface area contributed by atoms with Crippen molar-refractivity contribution in [3.63, 3.8) is 0 Å². The van der Waals surface area contributed by atoms with Gasteiger partial charge in [0.25, 0.3) is 5.91 Å². The summed E-state index contributed by atoms with van der Waals surface area (Å²) in [5, 5.41) is 10.6. The van der Waals surface area contributed by atoms with Crippen molar-refractivity contribution < 1.29 is 14.0 Å². The third-order valence-electron chi connectivity index (χ3n) is 4.84. The number of furan rings is 1. The molecule has 0 aliphatic rings. The number of amides is 2. The first-order valence-electron chi connectivity index (χ1n) is 9.45. The van der Waals surface area contributed by atoms with E-state index in [2.05, 4.69) is 20.7 Å². The van der Waals surface area contributed by atoms with Crippen LogP contribution < -0.4 is 10.6 Å². The van der Waals surface area contributed by atoms with E-state index in [0.29, 0.717) is 33.7 Å². The first-order chi connectivity index (χ1) is 14.5. The number of carbonyl (C=O) groups excluding carboxylic acids is 2. The summed E-state index contributed by atoms with van der Waals surface area (Å²) in [5.74, 6) is 0.234. The van der Waals surface area contributed by atoms with Gasteiger partial charge in [0.15, 0.2) is 11.4 Å². The molecular formula is C22H21N5O3. The van der Waals surface area contributed by atoms with Gasteiger partial charge in [-0.15, -0.1) is 0 Å². The second-order valence-electron chi connectivity index (χ2n) is 6.94. The van der Waals surface area contributed by atoms with E-state index in [1.807, 2.05) is 19.1 Å². The van der Waals surface area contributed by atoms with E-state index in [1.165, 1.54) is 0 Å². The lowest BCUT2D eigenvalue weighted by Gasteiger charge is -2.09. The molecule has 8 nitrogen and oxygen atoms in total. The van der Waals surface area contributed by atoms with Gasteiger partial charge < -0.3 is 15.1 Å². The normalized spacial score (nSPS) is 10.9. The minimum atomic E-state index is -0.273. The summed E-state index contributed by atoms with van der Waals surface area (Å²) in [6.45, 7) is 1.85. The number of fused-ring (bicyclic) bond motifs is 1. The van der Waals surface area contributed by atoms with Crippen molar-refractivity contribution >= 4 is 28.5 Å². The number of pyridine rings is 1. The number of aryl methyl sites for hydroxylation is 2. The molecule has 0 aliphatic carbocycles. The Morgan fingerprint density at radius 1 is 1.17 bits per heavy atom. The first-order valence-corrected chi connectivity index (χ1v) is 9.45. The van der Waals surface area contributed by atoms with E-state index < -0.39 is 0 Å². The minimum Gasteiger partial charge on any atom is -0.463 e. The fraction of sp³-hybridized carbons (Fsp3) is 0.182. The van der Waals surface area contributed by atoms with Crippen LogP contribution >= 0.6 is 0 Å². The number of anilines is 1. The van der Waals surface area contributed by atoms with Gasteiger partial charge >= 0.3 is 0 Å². The van der Waals surface area contributed by atoms with Crippen LogP contribution in [0, 0.1) is 6.92 Å². The maximum Gasteiger partial charge on any atom is 0.256 e. The van der Waals surface area contributed by atoms with E-state index in [4.69, 9.17) is 4.42 Å². The van der Waals surface area contributed by atoms with Crippen LogP contribution in [0.2, 0.25) is 0 Å². The molecule has 0 unspecified atom stereocenters. The van der Waals surface area contributed by atoms with Crippen LogP contribution in [0.25, 0.3) is 22.5 Å². The van der Waals surface area contributed by atoms with Crippen molar-refractivity contribution in [2.24, 2.45) is 7.05 Å². The molecule has 3 heterocycles. The average molecular weight is 403 g/mol. The van der Waals surface area contributed by atoms with E-state index in [1.54, 1.807) is 55.4 Å². The molecule has 4 aromatic rings. The fourth-order valence-electron chi connectivity index (χ4n) is 3.35. The van der Waals surface area contributed by atoms with Crippen LogP contribution in [0.1, 0.15) is 21.6 Å². The predicted octanol–water partition coefficient (Wildman–Crippen LogP) is 3.08. The Labute approximate surface area is 172 Å². The lowest BCUT2D eigenvalue weighted by atomic mass is 10.1. The van der Waals surface area contributed by atoms with Crippen molar-refractivity contribution in [2.45, 2.75) is 13.3 Å². The van der Waals surface area contributed by atoms with Gasteiger partial charge in [0.2, 0.25) is 5.91 Å². The number of carbonyl (C=O) groups is 2. The molecule has 3 aromatic heterocycles. The molecule has 0 saturated carbocycles. The van der Waals surface area contributed by atoms with Crippen molar-refractivity contribution in [2.75, 3.05) is 12.4 Å². The molecular weight excluding hydrogens is 382 g/mol. The molecule has 0 saturated heterocycles. The highest BCUT2D eigenvalue weighted by molar-refractivity contribution is 6.13. The third kappa shape index (κ3) is 3.67. The van der Waals surface area contributed by atoms with Gasteiger partial charge in [-0.3, -0.25) is 14.3 Å². The van der Waals surface area contributed by atoms with Gasteiger partial charge in [-0.05, 0) is 42.8 Å². The standard InChI is InChI=1S/C22H21N5O3/c1-13-20-16(12-17(18-5-4-10-30-18)25-21(20)27(3)26-13)22(29)24-15-8-6-14(7-9-15)11-19(28)23-2/h4-10,12H,11H2,1-3H3,(H,23,28)(H,24,29). The fourth-order valence-corrected chi connectivity index (χ4v) is 3.35. The average Bonchev–Trinajstić information content (AvgIpc) is 3.37.